The molecule has 0 spiro atoms. The number of benzene rings is 2. The van der Waals surface area contributed by atoms with E-state index < -0.39 is 0 Å². The van der Waals surface area contributed by atoms with Crippen LogP contribution in [-0.2, 0) is 4.79 Å². The molecule has 0 saturated carbocycles. The predicted octanol–water partition coefficient (Wildman–Crippen LogP) is 4.29. The van der Waals surface area contributed by atoms with Crippen LogP contribution < -0.4 is 14.8 Å². The lowest BCUT2D eigenvalue weighted by Gasteiger charge is -2.09. The van der Waals surface area contributed by atoms with Crippen molar-refractivity contribution in [3.8, 4) is 11.5 Å². The third-order valence-electron chi connectivity index (χ3n) is 3.67. The molecule has 2 aromatic rings. The van der Waals surface area contributed by atoms with E-state index in [4.69, 9.17) is 9.47 Å². The first-order valence-electron chi connectivity index (χ1n) is 8.26. The maximum atomic E-state index is 12.2. The fraction of sp³-hybridized carbons (Fsp3) is 0.200. The van der Waals surface area contributed by atoms with Gasteiger partial charge in [-0.15, -0.1) is 0 Å². The first-order valence-corrected chi connectivity index (χ1v) is 9.08. The van der Waals surface area contributed by atoms with E-state index in [2.05, 4.69) is 10.3 Å². The van der Waals surface area contributed by atoms with E-state index in [1.54, 1.807) is 7.11 Å². The van der Waals surface area contributed by atoms with Crippen LogP contribution in [0.2, 0.25) is 0 Å². The Morgan fingerprint density at radius 2 is 2.04 bits per heavy atom. The van der Waals surface area contributed by atoms with Crippen LogP contribution in [0.1, 0.15) is 18.1 Å². The molecule has 1 fully saturated rings. The molecule has 3 rings (SSSR count). The van der Waals surface area contributed by atoms with Crippen LogP contribution in [0.5, 0.6) is 11.5 Å². The lowest BCUT2D eigenvalue weighted by Crippen LogP contribution is -2.19. The molecule has 1 saturated heterocycles. The number of thioether (sulfide) groups is 1. The van der Waals surface area contributed by atoms with Gasteiger partial charge in [-0.25, -0.2) is 4.99 Å². The molecule has 0 atom stereocenters. The largest absolute Gasteiger partial charge is 0.493 e. The maximum absolute atomic E-state index is 12.2. The zero-order valence-electron chi connectivity index (χ0n) is 14.9. The first-order chi connectivity index (χ1) is 12.6. The summed E-state index contributed by atoms with van der Waals surface area (Å²) < 4.78 is 10.9. The highest BCUT2D eigenvalue weighted by atomic mass is 32.2. The van der Waals surface area contributed by atoms with Gasteiger partial charge in [0.15, 0.2) is 16.7 Å². The molecule has 1 N–H and O–H groups in total. The molecule has 1 aliphatic rings. The summed E-state index contributed by atoms with van der Waals surface area (Å²) >= 11 is 1.32. The van der Waals surface area contributed by atoms with Crippen molar-refractivity contribution < 1.29 is 14.3 Å². The molecule has 5 nitrogen and oxygen atoms in total. The number of hydrogen-bond donors (Lipinski definition) is 1. The molecule has 6 heteroatoms. The summed E-state index contributed by atoms with van der Waals surface area (Å²) in [6.45, 7) is 4.47. The second-order valence-corrected chi connectivity index (χ2v) is 6.69. The van der Waals surface area contributed by atoms with Crippen molar-refractivity contribution >= 4 is 34.6 Å². The number of carbonyl (C=O) groups is 1. The van der Waals surface area contributed by atoms with Crippen molar-refractivity contribution in [2.75, 3.05) is 13.7 Å². The minimum absolute atomic E-state index is 0.157. The predicted molar refractivity (Wildman–Crippen MR) is 106 cm³/mol. The molecule has 0 radical (unpaired) electrons. The monoisotopic (exact) mass is 368 g/mol. The van der Waals surface area contributed by atoms with Crippen LogP contribution in [0.25, 0.3) is 6.08 Å². The van der Waals surface area contributed by atoms with E-state index in [0.717, 1.165) is 16.8 Å². The van der Waals surface area contributed by atoms with Crippen LogP contribution in [0, 0.1) is 6.92 Å². The van der Waals surface area contributed by atoms with Crippen LogP contribution in [-0.4, -0.2) is 24.8 Å². The summed E-state index contributed by atoms with van der Waals surface area (Å²) in [5.74, 6) is 1.16. The SMILES string of the molecule is CCOc1cc(/C=C2\SC(=Nc3cccc(C)c3)NC2=O)ccc1OC. The van der Waals surface area contributed by atoms with Gasteiger partial charge in [-0.3, -0.25) is 4.79 Å². The molecule has 0 aliphatic carbocycles. The minimum atomic E-state index is -0.157. The van der Waals surface area contributed by atoms with Gasteiger partial charge in [0.25, 0.3) is 5.91 Å². The molecule has 2 aromatic carbocycles. The highest BCUT2D eigenvalue weighted by molar-refractivity contribution is 8.18. The standard InChI is InChI=1S/C20H20N2O3S/c1-4-25-17-11-14(8-9-16(17)24-3)12-18-19(23)22-20(26-18)21-15-7-5-6-13(2)10-15/h5-12H,4H2,1-3H3,(H,21,22,23)/b18-12-. The van der Waals surface area contributed by atoms with Crippen LogP contribution in [0.4, 0.5) is 5.69 Å². The molecular formula is C20H20N2O3S. The Balaban J connectivity index is 1.83. The summed E-state index contributed by atoms with van der Waals surface area (Å²) in [5.41, 5.74) is 2.81. The van der Waals surface area contributed by atoms with Gasteiger partial charge in [0.2, 0.25) is 0 Å². The van der Waals surface area contributed by atoms with Gasteiger partial charge in [0, 0.05) is 0 Å². The molecule has 0 bridgehead atoms. The minimum Gasteiger partial charge on any atom is -0.493 e. The highest BCUT2D eigenvalue weighted by Crippen LogP contribution is 2.32. The zero-order chi connectivity index (χ0) is 18.5. The Morgan fingerprint density at radius 3 is 2.77 bits per heavy atom. The van der Waals surface area contributed by atoms with Crippen molar-refractivity contribution in [1.29, 1.82) is 0 Å². The molecule has 1 aliphatic heterocycles. The topological polar surface area (TPSA) is 59.9 Å². The smallest absolute Gasteiger partial charge is 0.264 e. The Morgan fingerprint density at radius 1 is 1.19 bits per heavy atom. The number of amides is 1. The van der Waals surface area contributed by atoms with Gasteiger partial charge in [0.05, 0.1) is 24.3 Å². The summed E-state index contributed by atoms with van der Waals surface area (Å²) in [5, 5.41) is 3.38. The summed E-state index contributed by atoms with van der Waals surface area (Å²) in [6, 6.07) is 13.4. The molecule has 26 heavy (non-hydrogen) atoms. The van der Waals surface area contributed by atoms with Crippen molar-refractivity contribution in [2.24, 2.45) is 4.99 Å². The molecule has 0 aromatic heterocycles. The number of methoxy groups -OCH3 is 1. The van der Waals surface area contributed by atoms with Crippen molar-refractivity contribution in [2.45, 2.75) is 13.8 Å². The zero-order valence-corrected chi connectivity index (χ0v) is 15.7. The molecule has 1 heterocycles. The van der Waals surface area contributed by atoms with Crippen molar-refractivity contribution in [3.05, 3.63) is 58.5 Å². The van der Waals surface area contributed by atoms with Gasteiger partial charge in [0.1, 0.15) is 0 Å². The van der Waals surface area contributed by atoms with E-state index in [-0.39, 0.29) is 5.91 Å². The van der Waals surface area contributed by atoms with Gasteiger partial charge in [-0.05, 0) is 67.1 Å². The second kappa shape index (κ2) is 8.10. The quantitative estimate of drug-likeness (QED) is 0.800. The number of ether oxygens (including phenoxy) is 2. The third kappa shape index (κ3) is 4.26. The maximum Gasteiger partial charge on any atom is 0.264 e. The van der Waals surface area contributed by atoms with Gasteiger partial charge < -0.3 is 14.8 Å². The van der Waals surface area contributed by atoms with E-state index in [0.29, 0.717) is 28.2 Å². The fourth-order valence-corrected chi connectivity index (χ4v) is 3.34. The van der Waals surface area contributed by atoms with E-state index >= 15 is 0 Å². The second-order valence-electron chi connectivity index (χ2n) is 5.66. The van der Waals surface area contributed by atoms with E-state index in [1.165, 1.54) is 11.8 Å². The summed E-state index contributed by atoms with van der Waals surface area (Å²) in [6.07, 6.45) is 1.82. The van der Waals surface area contributed by atoms with Crippen LogP contribution in [0.15, 0.2) is 52.4 Å². The van der Waals surface area contributed by atoms with Gasteiger partial charge >= 0.3 is 0 Å². The number of carbonyl (C=O) groups excluding carboxylic acids is 1. The average molecular weight is 368 g/mol. The number of aryl methyl sites for hydroxylation is 1. The molecule has 0 unspecified atom stereocenters. The Hall–Kier alpha value is -2.73. The molecule has 1 amide bonds. The van der Waals surface area contributed by atoms with Crippen LogP contribution in [0.3, 0.4) is 0 Å². The summed E-state index contributed by atoms with van der Waals surface area (Å²) in [7, 11) is 1.60. The number of aliphatic imine (C=N–C) groups is 1. The Kier molecular flexibility index (Phi) is 5.63. The first kappa shape index (κ1) is 18.1. The number of hydrogen-bond acceptors (Lipinski definition) is 5. The van der Waals surface area contributed by atoms with E-state index in [1.807, 2.05) is 62.4 Å². The third-order valence-corrected chi connectivity index (χ3v) is 4.58. The highest BCUT2D eigenvalue weighted by Gasteiger charge is 2.24. The van der Waals surface area contributed by atoms with Crippen molar-refractivity contribution in [3.63, 3.8) is 0 Å². The van der Waals surface area contributed by atoms with Gasteiger partial charge in [-0.2, -0.15) is 0 Å². The molecular weight excluding hydrogens is 348 g/mol. The van der Waals surface area contributed by atoms with Crippen LogP contribution >= 0.6 is 11.8 Å². The van der Waals surface area contributed by atoms with Gasteiger partial charge in [-0.1, -0.05) is 18.2 Å². The number of amidine groups is 1. The number of nitrogens with one attached hydrogen (secondary N) is 1. The number of rotatable bonds is 5. The lowest BCUT2D eigenvalue weighted by atomic mass is 10.2. The Labute approximate surface area is 157 Å². The number of nitrogens with zero attached hydrogens (tertiary/aromatic N) is 1. The normalized spacial score (nSPS) is 16.8. The van der Waals surface area contributed by atoms with Crippen molar-refractivity contribution in [1.82, 2.24) is 5.32 Å². The molecule has 134 valence electrons. The lowest BCUT2D eigenvalue weighted by molar-refractivity contribution is -0.115. The average Bonchev–Trinajstić information content (AvgIpc) is 2.94. The Bertz CT molecular complexity index is 890. The van der Waals surface area contributed by atoms with E-state index in [9.17, 15) is 4.79 Å². The summed E-state index contributed by atoms with van der Waals surface area (Å²) in [4.78, 5) is 17.3. The fourth-order valence-electron chi connectivity index (χ4n) is 2.50.